The monoisotopic (exact) mass is 337 g/mol. The van der Waals surface area contributed by atoms with Crippen LogP contribution in [0.5, 0.6) is 0 Å². The number of nitrogens with two attached hydrogens (primary N) is 1. The van der Waals surface area contributed by atoms with Crippen LogP contribution in [0.4, 0.5) is 5.69 Å². The summed E-state index contributed by atoms with van der Waals surface area (Å²) in [7, 11) is 0. The number of hydrogen-bond donors (Lipinski definition) is 2. The predicted molar refractivity (Wildman–Crippen MR) is 93.9 cm³/mol. The molecule has 1 aromatic heterocycles. The van der Waals surface area contributed by atoms with Crippen molar-refractivity contribution in [1.29, 1.82) is 0 Å². The number of rotatable bonds is 2. The van der Waals surface area contributed by atoms with Crippen LogP contribution in [0.25, 0.3) is 10.1 Å². The molecule has 3 aliphatic heterocycles. The highest BCUT2D eigenvalue weighted by Crippen LogP contribution is 2.30. The molecule has 5 rings (SSSR count). The molecule has 2 bridgehead atoms. The lowest BCUT2D eigenvalue weighted by molar-refractivity contribution is 0.0622. The third-order valence-corrected chi connectivity index (χ3v) is 5.85. The van der Waals surface area contributed by atoms with Gasteiger partial charge in [0.25, 0.3) is 5.91 Å². The summed E-state index contributed by atoms with van der Waals surface area (Å²) in [5.41, 5.74) is 6.54. The summed E-state index contributed by atoms with van der Waals surface area (Å²) in [6.45, 7) is 3.40. The van der Waals surface area contributed by atoms with Gasteiger partial charge in [0, 0.05) is 23.0 Å². The molecule has 0 spiro atoms. The average molecular weight is 338 g/mol. The summed E-state index contributed by atoms with van der Waals surface area (Å²) in [5, 5.41) is 4.30. The van der Waals surface area contributed by atoms with E-state index in [-0.39, 0.29) is 18.3 Å². The van der Waals surface area contributed by atoms with Crippen LogP contribution in [0, 0.1) is 5.92 Å². The van der Waals surface area contributed by atoms with Crippen molar-refractivity contribution >= 4 is 45.4 Å². The van der Waals surface area contributed by atoms with Crippen LogP contribution in [0.15, 0.2) is 24.3 Å². The molecule has 3 saturated heterocycles. The highest BCUT2D eigenvalue weighted by molar-refractivity contribution is 7.20. The fourth-order valence-corrected chi connectivity index (χ4v) is 4.49. The molecule has 0 radical (unpaired) electrons. The zero-order valence-electron chi connectivity index (χ0n) is 12.2. The summed E-state index contributed by atoms with van der Waals surface area (Å²) in [5.74, 6) is 0.720. The number of nitrogens with one attached hydrogen (secondary N) is 1. The fraction of sp³-hybridized carbons (Fsp3) is 0.438. The second kappa shape index (κ2) is 6.07. The number of halogens is 1. The van der Waals surface area contributed by atoms with Crippen LogP contribution < -0.4 is 11.1 Å². The first-order valence-electron chi connectivity index (χ1n) is 7.51. The van der Waals surface area contributed by atoms with Crippen LogP contribution >= 0.6 is 23.7 Å². The normalized spacial score (nSPS) is 26.6. The van der Waals surface area contributed by atoms with Gasteiger partial charge in [0.2, 0.25) is 0 Å². The highest BCUT2D eigenvalue weighted by Gasteiger charge is 2.35. The number of carbonyl (C=O) groups excluding carboxylic acids is 1. The number of fused-ring (bicyclic) bond motifs is 4. The largest absolute Gasteiger partial charge is 0.399 e. The van der Waals surface area contributed by atoms with Gasteiger partial charge in [-0.2, -0.15) is 0 Å². The first-order chi connectivity index (χ1) is 10.2. The Hall–Kier alpha value is -1.30. The lowest BCUT2D eigenvalue weighted by Crippen LogP contribution is -2.57. The number of thiophene rings is 1. The summed E-state index contributed by atoms with van der Waals surface area (Å²) in [6, 6.07) is 8.06. The Morgan fingerprint density at radius 1 is 1.27 bits per heavy atom. The number of piperidine rings is 3. The molecule has 2 aromatic rings. The lowest BCUT2D eigenvalue weighted by Gasteiger charge is -2.44. The smallest absolute Gasteiger partial charge is 0.261 e. The van der Waals surface area contributed by atoms with Gasteiger partial charge in [0.05, 0.1) is 4.88 Å². The van der Waals surface area contributed by atoms with Crippen molar-refractivity contribution in [3.8, 4) is 0 Å². The molecule has 3 N–H and O–H groups in total. The van der Waals surface area contributed by atoms with Crippen LogP contribution in [-0.2, 0) is 0 Å². The molecule has 4 heterocycles. The molecule has 0 aliphatic carbocycles. The Bertz CT molecular complexity index is 694. The van der Waals surface area contributed by atoms with E-state index in [2.05, 4.69) is 10.2 Å². The van der Waals surface area contributed by atoms with Crippen LogP contribution in [0.1, 0.15) is 22.5 Å². The molecule has 4 nitrogen and oxygen atoms in total. The SMILES string of the molecule is Cl.Nc1ccc2sc(C(=O)NC3CN4CCC3CC4)cc2c1. The lowest BCUT2D eigenvalue weighted by atomic mass is 9.84. The van der Waals surface area contributed by atoms with Gasteiger partial charge in [0.1, 0.15) is 0 Å². The molecular formula is C16H20ClN3OS. The number of nitrogens with zero attached hydrogens (tertiary/aromatic N) is 1. The van der Waals surface area contributed by atoms with E-state index >= 15 is 0 Å². The minimum absolute atomic E-state index is 0. The number of nitrogen functional groups attached to an aromatic ring is 1. The van der Waals surface area contributed by atoms with Gasteiger partial charge < -0.3 is 16.0 Å². The maximum atomic E-state index is 12.5. The molecule has 22 heavy (non-hydrogen) atoms. The minimum Gasteiger partial charge on any atom is -0.399 e. The Morgan fingerprint density at radius 3 is 2.73 bits per heavy atom. The van der Waals surface area contributed by atoms with E-state index < -0.39 is 0 Å². The van der Waals surface area contributed by atoms with Gasteiger partial charge in [-0.05, 0) is 61.5 Å². The summed E-state index contributed by atoms with van der Waals surface area (Å²) in [4.78, 5) is 15.7. The number of carbonyl (C=O) groups is 1. The predicted octanol–water partition coefficient (Wildman–Crippen LogP) is 2.73. The van der Waals surface area contributed by atoms with Crippen molar-refractivity contribution in [3.05, 3.63) is 29.1 Å². The van der Waals surface area contributed by atoms with Crippen LogP contribution in [0.2, 0.25) is 0 Å². The first-order valence-corrected chi connectivity index (χ1v) is 8.33. The van der Waals surface area contributed by atoms with E-state index in [9.17, 15) is 4.79 Å². The van der Waals surface area contributed by atoms with Crippen molar-refractivity contribution in [1.82, 2.24) is 10.2 Å². The Labute approximate surface area is 140 Å². The molecule has 1 unspecified atom stereocenters. The molecule has 3 fully saturated rings. The maximum absolute atomic E-state index is 12.5. The van der Waals surface area contributed by atoms with Crippen molar-refractivity contribution in [2.45, 2.75) is 18.9 Å². The van der Waals surface area contributed by atoms with E-state index in [1.54, 1.807) is 11.3 Å². The van der Waals surface area contributed by atoms with E-state index in [4.69, 9.17) is 5.73 Å². The molecule has 118 valence electrons. The van der Waals surface area contributed by atoms with Gasteiger partial charge in [0.15, 0.2) is 0 Å². The van der Waals surface area contributed by atoms with Gasteiger partial charge in [-0.15, -0.1) is 23.7 Å². The Kier molecular flexibility index (Phi) is 4.30. The zero-order chi connectivity index (χ0) is 14.4. The quantitative estimate of drug-likeness (QED) is 0.828. The minimum atomic E-state index is 0. The Balaban J connectivity index is 0.00000144. The van der Waals surface area contributed by atoms with Crippen LogP contribution in [-0.4, -0.2) is 36.5 Å². The molecule has 6 heteroatoms. The van der Waals surface area contributed by atoms with E-state index in [1.807, 2.05) is 24.3 Å². The standard InChI is InChI=1S/C16H19N3OS.ClH/c17-12-1-2-14-11(7-12)8-15(21-14)16(20)18-13-9-19-5-3-10(13)4-6-19;/h1-2,7-8,10,13H,3-6,9,17H2,(H,18,20);1H. The second-order valence-electron chi connectivity index (χ2n) is 6.13. The maximum Gasteiger partial charge on any atom is 0.261 e. The Morgan fingerprint density at radius 2 is 2.05 bits per heavy atom. The van der Waals surface area contributed by atoms with Gasteiger partial charge >= 0.3 is 0 Å². The average Bonchev–Trinajstić information content (AvgIpc) is 2.91. The molecule has 1 amide bonds. The molecular weight excluding hydrogens is 318 g/mol. The molecule has 0 saturated carbocycles. The highest BCUT2D eigenvalue weighted by atomic mass is 35.5. The van der Waals surface area contributed by atoms with E-state index in [0.717, 1.165) is 27.2 Å². The first kappa shape index (κ1) is 15.6. The van der Waals surface area contributed by atoms with Gasteiger partial charge in [-0.1, -0.05) is 0 Å². The van der Waals surface area contributed by atoms with E-state index in [0.29, 0.717) is 12.0 Å². The third kappa shape index (κ3) is 2.81. The molecule has 1 atom stereocenters. The summed E-state index contributed by atoms with van der Waals surface area (Å²) >= 11 is 1.54. The zero-order valence-corrected chi connectivity index (χ0v) is 13.9. The van der Waals surface area contributed by atoms with E-state index in [1.165, 1.54) is 25.9 Å². The van der Waals surface area contributed by atoms with Crippen molar-refractivity contribution < 1.29 is 4.79 Å². The van der Waals surface area contributed by atoms with Crippen molar-refractivity contribution in [2.24, 2.45) is 5.92 Å². The van der Waals surface area contributed by atoms with Crippen LogP contribution in [0.3, 0.4) is 0 Å². The number of benzene rings is 1. The number of hydrogen-bond acceptors (Lipinski definition) is 4. The van der Waals surface area contributed by atoms with Crippen molar-refractivity contribution in [2.75, 3.05) is 25.4 Å². The van der Waals surface area contributed by atoms with Crippen molar-refractivity contribution in [3.63, 3.8) is 0 Å². The molecule has 1 aromatic carbocycles. The van der Waals surface area contributed by atoms with Gasteiger partial charge in [-0.3, -0.25) is 4.79 Å². The third-order valence-electron chi connectivity index (χ3n) is 4.74. The summed E-state index contributed by atoms with van der Waals surface area (Å²) < 4.78 is 1.11. The number of amides is 1. The topological polar surface area (TPSA) is 58.4 Å². The second-order valence-corrected chi connectivity index (χ2v) is 7.21. The number of anilines is 1. The fourth-order valence-electron chi connectivity index (χ4n) is 3.54. The van der Waals surface area contributed by atoms with Gasteiger partial charge in [-0.25, -0.2) is 0 Å². The summed E-state index contributed by atoms with van der Waals surface area (Å²) in [6.07, 6.45) is 2.43. The molecule has 3 aliphatic rings.